The molecule has 0 aliphatic carbocycles. The zero-order valence-electron chi connectivity index (χ0n) is 18.7. The van der Waals surface area contributed by atoms with Gasteiger partial charge in [-0.3, -0.25) is 4.79 Å². The van der Waals surface area contributed by atoms with E-state index >= 15 is 0 Å². The van der Waals surface area contributed by atoms with Crippen molar-refractivity contribution in [3.8, 4) is 5.75 Å². The van der Waals surface area contributed by atoms with Crippen molar-refractivity contribution in [1.29, 1.82) is 0 Å². The molecule has 0 saturated heterocycles. The fourth-order valence-corrected chi connectivity index (χ4v) is 3.69. The van der Waals surface area contributed by atoms with Crippen molar-refractivity contribution in [2.24, 2.45) is 0 Å². The summed E-state index contributed by atoms with van der Waals surface area (Å²) in [6.07, 6.45) is 6.05. The maximum absolute atomic E-state index is 12.5. The van der Waals surface area contributed by atoms with Crippen LogP contribution < -0.4 is 10.1 Å². The molecule has 1 amide bonds. The topological polar surface area (TPSA) is 41.6 Å². The largest absolute Gasteiger partial charge is 0.497 e. The number of ether oxygens (including phenoxy) is 1. The van der Waals surface area contributed by atoms with E-state index in [9.17, 15) is 4.79 Å². The lowest BCUT2D eigenvalue weighted by Gasteiger charge is -2.17. The Labute approximate surface area is 176 Å². The number of nitrogens with one attached hydrogen (secondary N) is 1. The van der Waals surface area contributed by atoms with E-state index in [1.165, 1.54) is 32.2 Å². The van der Waals surface area contributed by atoms with Gasteiger partial charge in [0.05, 0.1) is 13.0 Å². The molecule has 4 heteroatoms. The minimum Gasteiger partial charge on any atom is -0.497 e. The van der Waals surface area contributed by atoms with Gasteiger partial charge in [-0.15, -0.1) is 0 Å². The molecule has 1 N–H and O–H groups in total. The molecule has 0 saturated carbocycles. The monoisotopic (exact) mass is 398 g/mol. The fourth-order valence-electron chi connectivity index (χ4n) is 3.69. The van der Waals surface area contributed by atoms with Gasteiger partial charge >= 0.3 is 0 Å². The predicted octanol–water partition coefficient (Wildman–Crippen LogP) is 5.36. The number of fused-ring (bicyclic) bond motifs is 1. The lowest BCUT2D eigenvalue weighted by molar-refractivity contribution is -0.122. The van der Waals surface area contributed by atoms with Crippen molar-refractivity contribution in [1.82, 2.24) is 10.2 Å². The van der Waals surface area contributed by atoms with Crippen LogP contribution in [0.3, 0.4) is 0 Å². The standard InChI is InChI=1S/C25H38N2O2/c1-5-27(6-2)17-11-9-7-8-10-16-26-25(28)20(3)21-12-13-23-19-24(29-4)15-14-22(23)18-21/h12-15,18-20H,5-11,16-17H2,1-4H3,(H,26,28). The zero-order valence-corrected chi connectivity index (χ0v) is 18.7. The number of hydrogen-bond donors (Lipinski definition) is 1. The molecule has 1 unspecified atom stereocenters. The van der Waals surface area contributed by atoms with Crippen LogP contribution in [0.1, 0.15) is 64.4 Å². The first-order valence-electron chi connectivity index (χ1n) is 11.2. The molecule has 0 aliphatic heterocycles. The Morgan fingerprint density at radius 3 is 2.34 bits per heavy atom. The molecule has 2 aromatic carbocycles. The molecular weight excluding hydrogens is 360 g/mol. The van der Waals surface area contributed by atoms with E-state index in [1.807, 2.05) is 31.2 Å². The van der Waals surface area contributed by atoms with Crippen LogP contribution in [-0.4, -0.2) is 44.1 Å². The summed E-state index contributed by atoms with van der Waals surface area (Å²) in [6.45, 7) is 10.7. The second-order valence-corrected chi connectivity index (χ2v) is 7.78. The van der Waals surface area contributed by atoms with Crippen LogP contribution >= 0.6 is 0 Å². The Kier molecular flexibility index (Phi) is 9.99. The second kappa shape index (κ2) is 12.5. The van der Waals surface area contributed by atoms with Crippen molar-refractivity contribution < 1.29 is 9.53 Å². The highest BCUT2D eigenvalue weighted by Crippen LogP contribution is 2.25. The third-order valence-corrected chi connectivity index (χ3v) is 5.81. The molecule has 29 heavy (non-hydrogen) atoms. The van der Waals surface area contributed by atoms with Crippen molar-refractivity contribution in [3.63, 3.8) is 0 Å². The number of amides is 1. The van der Waals surface area contributed by atoms with E-state index in [-0.39, 0.29) is 11.8 Å². The Hall–Kier alpha value is -2.07. The smallest absolute Gasteiger partial charge is 0.227 e. The van der Waals surface area contributed by atoms with Crippen molar-refractivity contribution >= 4 is 16.7 Å². The molecule has 0 bridgehead atoms. The number of nitrogens with zero attached hydrogens (tertiary/aromatic N) is 1. The number of unbranched alkanes of at least 4 members (excludes halogenated alkanes) is 4. The van der Waals surface area contributed by atoms with E-state index in [1.54, 1.807) is 7.11 Å². The first-order valence-corrected chi connectivity index (χ1v) is 11.2. The minimum atomic E-state index is -0.143. The maximum Gasteiger partial charge on any atom is 0.227 e. The van der Waals surface area contributed by atoms with Crippen LogP contribution in [0.15, 0.2) is 36.4 Å². The summed E-state index contributed by atoms with van der Waals surface area (Å²) in [5.74, 6) is 0.819. The van der Waals surface area contributed by atoms with Gasteiger partial charge in [0.2, 0.25) is 5.91 Å². The summed E-state index contributed by atoms with van der Waals surface area (Å²) in [6, 6.07) is 12.2. The molecule has 2 rings (SSSR count). The summed E-state index contributed by atoms with van der Waals surface area (Å²) in [4.78, 5) is 15.0. The van der Waals surface area contributed by atoms with E-state index in [0.29, 0.717) is 0 Å². The maximum atomic E-state index is 12.5. The quantitative estimate of drug-likeness (QED) is 0.462. The van der Waals surface area contributed by atoms with Gasteiger partial charge in [-0.25, -0.2) is 0 Å². The Bertz CT molecular complexity index is 756. The predicted molar refractivity (Wildman–Crippen MR) is 123 cm³/mol. The molecule has 2 aromatic rings. The van der Waals surface area contributed by atoms with Crippen LogP contribution in [0.4, 0.5) is 0 Å². The molecule has 0 aliphatic rings. The fraction of sp³-hybridized carbons (Fsp3) is 0.560. The number of carbonyl (C=O) groups excluding carboxylic acids is 1. The number of methoxy groups -OCH3 is 1. The van der Waals surface area contributed by atoms with Gasteiger partial charge < -0.3 is 15.0 Å². The van der Waals surface area contributed by atoms with Gasteiger partial charge in [0.1, 0.15) is 5.75 Å². The van der Waals surface area contributed by atoms with Gasteiger partial charge in [-0.1, -0.05) is 57.4 Å². The van der Waals surface area contributed by atoms with Gasteiger partial charge in [0.15, 0.2) is 0 Å². The zero-order chi connectivity index (χ0) is 21.1. The number of carbonyl (C=O) groups is 1. The van der Waals surface area contributed by atoms with Crippen LogP contribution in [0, 0.1) is 0 Å². The van der Waals surface area contributed by atoms with Gasteiger partial charge in [-0.05, 0) is 67.9 Å². The molecule has 160 valence electrons. The highest BCUT2D eigenvalue weighted by molar-refractivity contribution is 5.88. The van der Waals surface area contributed by atoms with Crippen molar-refractivity contribution in [2.45, 2.75) is 58.8 Å². The molecule has 0 aromatic heterocycles. The van der Waals surface area contributed by atoms with E-state index in [0.717, 1.165) is 48.1 Å². The lowest BCUT2D eigenvalue weighted by Crippen LogP contribution is -2.28. The third kappa shape index (κ3) is 7.36. The molecule has 0 fully saturated rings. The van der Waals surface area contributed by atoms with E-state index < -0.39 is 0 Å². The van der Waals surface area contributed by atoms with Crippen LogP contribution in [0.2, 0.25) is 0 Å². The Balaban J connectivity index is 1.69. The lowest BCUT2D eigenvalue weighted by atomic mass is 9.97. The van der Waals surface area contributed by atoms with Gasteiger partial charge in [0, 0.05) is 6.54 Å². The van der Waals surface area contributed by atoms with E-state index in [2.05, 4.69) is 36.2 Å². The van der Waals surface area contributed by atoms with Crippen LogP contribution in [-0.2, 0) is 4.79 Å². The number of benzene rings is 2. The summed E-state index contributed by atoms with van der Waals surface area (Å²) >= 11 is 0. The normalized spacial score (nSPS) is 12.3. The van der Waals surface area contributed by atoms with Crippen LogP contribution in [0.25, 0.3) is 10.8 Å². The van der Waals surface area contributed by atoms with E-state index in [4.69, 9.17) is 4.74 Å². The van der Waals surface area contributed by atoms with Crippen molar-refractivity contribution in [2.75, 3.05) is 33.3 Å². The number of rotatable bonds is 13. The second-order valence-electron chi connectivity index (χ2n) is 7.78. The highest BCUT2D eigenvalue weighted by Gasteiger charge is 2.15. The molecular formula is C25H38N2O2. The summed E-state index contributed by atoms with van der Waals surface area (Å²) in [7, 11) is 1.67. The molecule has 0 heterocycles. The van der Waals surface area contributed by atoms with Gasteiger partial charge in [-0.2, -0.15) is 0 Å². The average molecular weight is 399 g/mol. The van der Waals surface area contributed by atoms with Gasteiger partial charge in [0.25, 0.3) is 0 Å². The average Bonchev–Trinajstić information content (AvgIpc) is 2.76. The molecule has 4 nitrogen and oxygen atoms in total. The first-order chi connectivity index (χ1) is 14.1. The first kappa shape index (κ1) is 23.2. The molecule has 0 radical (unpaired) electrons. The Morgan fingerprint density at radius 2 is 1.62 bits per heavy atom. The van der Waals surface area contributed by atoms with Crippen molar-refractivity contribution in [3.05, 3.63) is 42.0 Å². The van der Waals surface area contributed by atoms with Crippen LogP contribution in [0.5, 0.6) is 5.75 Å². The highest BCUT2D eigenvalue weighted by atomic mass is 16.5. The summed E-state index contributed by atoms with van der Waals surface area (Å²) in [5.41, 5.74) is 1.05. The molecule has 1 atom stereocenters. The number of hydrogen-bond acceptors (Lipinski definition) is 3. The third-order valence-electron chi connectivity index (χ3n) is 5.81. The molecule has 0 spiro atoms. The minimum absolute atomic E-state index is 0.111. The summed E-state index contributed by atoms with van der Waals surface area (Å²) < 4.78 is 5.28. The SMILES string of the molecule is CCN(CC)CCCCCCCNC(=O)C(C)c1ccc2cc(OC)ccc2c1. The summed E-state index contributed by atoms with van der Waals surface area (Å²) in [5, 5.41) is 5.37. The Morgan fingerprint density at radius 1 is 0.966 bits per heavy atom.